The van der Waals surface area contributed by atoms with Gasteiger partial charge in [0, 0.05) is 9.52 Å². The number of hydrogen-bond donors (Lipinski definition) is 0. The Labute approximate surface area is 122 Å². The molecule has 1 saturated carbocycles. The molecule has 4 heteroatoms. The van der Waals surface area contributed by atoms with Crippen molar-refractivity contribution in [3.63, 3.8) is 0 Å². The van der Waals surface area contributed by atoms with Crippen LogP contribution in [-0.4, -0.2) is 15.5 Å². The van der Waals surface area contributed by atoms with Gasteiger partial charge in [0.2, 0.25) is 0 Å². The lowest BCUT2D eigenvalue weighted by Gasteiger charge is -2.35. The van der Waals surface area contributed by atoms with Crippen molar-refractivity contribution in [3.8, 4) is 5.75 Å². The number of carbonyl (C=O) groups excluding carboxylic acids is 1. The van der Waals surface area contributed by atoms with E-state index in [0.29, 0.717) is 5.75 Å². The van der Waals surface area contributed by atoms with Gasteiger partial charge >= 0.3 is 5.97 Å². The lowest BCUT2D eigenvalue weighted by molar-refractivity contribution is -0.146. The molecule has 0 amide bonds. The van der Waals surface area contributed by atoms with Gasteiger partial charge in [-0.1, -0.05) is 31.4 Å². The largest absolute Gasteiger partial charge is 0.426 e. The van der Waals surface area contributed by atoms with Crippen LogP contribution in [0.15, 0.2) is 24.3 Å². The van der Waals surface area contributed by atoms with Crippen molar-refractivity contribution in [2.45, 2.75) is 51.1 Å². The monoisotopic (exact) mass is 294 g/mol. The molecule has 0 atom stereocenters. The maximum absolute atomic E-state index is 12.8. The SMILES string of the molecule is CC[SiH2]C1CCC(C)(C(=O)Oc2ccc(F)cc2)CC1. The molecule has 0 radical (unpaired) electrons. The number of carbonyl (C=O) groups is 1. The topological polar surface area (TPSA) is 26.3 Å². The number of halogens is 1. The number of hydrogen-bond acceptors (Lipinski definition) is 2. The number of esters is 1. The molecule has 2 nitrogen and oxygen atoms in total. The number of ether oxygens (including phenoxy) is 1. The van der Waals surface area contributed by atoms with Gasteiger partial charge in [0.1, 0.15) is 11.6 Å². The van der Waals surface area contributed by atoms with Crippen molar-refractivity contribution in [1.82, 2.24) is 0 Å². The Morgan fingerprint density at radius 2 is 1.95 bits per heavy atom. The first-order valence-corrected chi connectivity index (χ1v) is 9.33. The molecule has 110 valence electrons. The highest BCUT2D eigenvalue weighted by Gasteiger charge is 2.38. The molecule has 0 saturated heterocycles. The highest BCUT2D eigenvalue weighted by atomic mass is 28.2. The summed E-state index contributed by atoms with van der Waals surface area (Å²) in [6.45, 7) is 4.27. The average Bonchev–Trinajstić information content (AvgIpc) is 2.44. The summed E-state index contributed by atoms with van der Waals surface area (Å²) in [6.07, 6.45) is 4.17. The van der Waals surface area contributed by atoms with E-state index in [1.54, 1.807) is 0 Å². The molecule has 0 aromatic heterocycles. The summed E-state index contributed by atoms with van der Waals surface area (Å²) in [4.78, 5) is 12.3. The molecule has 0 spiro atoms. The molecule has 0 N–H and O–H groups in total. The van der Waals surface area contributed by atoms with E-state index in [4.69, 9.17) is 4.74 Å². The Kier molecular flexibility index (Phi) is 4.97. The predicted molar refractivity (Wildman–Crippen MR) is 81.4 cm³/mol. The molecule has 0 heterocycles. The molecule has 2 rings (SSSR count). The van der Waals surface area contributed by atoms with Crippen molar-refractivity contribution in [2.24, 2.45) is 5.41 Å². The van der Waals surface area contributed by atoms with Crippen LogP contribution in [-0.2, 0) is 4.79 Å². The van der Waals surface area contributed by atoms with Gasteiger partial charge in [-0.15, -0.1) is 0 Å². The zero-order chi connectivity index (χ0) is 14.6. The smallest absolute Gasteiger partial charge is 0.317 e. The third-order valence-electron chi connectivity index (χ3n) is 4.42. The first-order valence-electron chi connectivity index (χ1n) is 7.51. The fraction of sp³-hybridized carbons (Fsp3) is 0.562. The molecule has 0 aliphatic heterocycles. The van der Waals surface area contributed by atoms with Crippen molar-refractivity contribution in [1.29, 1.82) is 0 Å². The van der Waals surface area contributed by atoms with Crippen molar-refractivity contribution in [2.75, 3.05) is 0 Å². The zero-order valence-corrected chi connectivity index (χ0v) is 13.7. The minimum absolute atomic E-state index is 0.0474. The Morgan fingerprint density at radius 1 is 1.35 bits per heavy atom. The predicted octanol–water partition coefficient (Wildman–Crippen LogP) is 3.71. The highest BCUT2D eigenvalue weighted by molar-refractivity contribution is 6.37. The van der Waals surface area contributed by atoms with Crippen LogP contribution < -0.4 is 4.74 Å². The summed E-state index contributed by atoms with van der Waals surface area (Å²) in [6, 6.07) is 6.99. The molecule has 1 aromatic rings. The van der Waals surface area contributed by atoms with E-state index in [1.165, 1.54) is 30.3 Å². The second-order valence-electron chi connectivity index (χ2n) is 6.14. The minimum Gasteiger partial charge on any atom is -0.426 e. The van der Waals surface area contributed by atoms with Crippen LogP contribution >= 0.6 is 0 Å². The van der Waals surface area contributed by atoms with Gasteiger partial charge in [-0.2, -0.15) is 0 Å². The van der Waals surface area contributed by atoms with E-state index < -0.39 is 0 Å². The lowest BCUT2D eigenvalue weighted by atomic mass is 9.75. The number of rotatable bonds is 4. The van der Waals surface area contributed by atoms with E-state index in [1.807, 2.05) is 6.92 Å². The standard InChI is InChI=1S/C16H23FO2Si/c1-3-20-14-8-10-16(2,11-9-14)15(18)19-13-6-4-12(17)5-7-13/h4-7,14H,3,8-11,20H2,1-2H3. The van der Waals surface area contributed by atoms with Crippen LogP contribution in [0.2, 0.25) is 11.6 Å². The van der Waals surface area contributed by atoms with Crippen LogP contribution in [0.5, 0.6) is 5.75 Å². The van der Waals surface area contributed by atoms with Crippen molar-refractivity contribution in [3.05, 3.63) is 30.1 Å². The Bertz CT molecular complexity index is 450. The zero-order valence-electron chi connectivity index (χ0n) is 12.3. The molecule has 1 fully saturated rings. The quantitative estimate of drug-likeness (QED) is 0.481. The van der Waals surface area contributed by atoms with Crippen molar-refractivity contribution >= 4 is 15.5 Å². The fourth-order valence-electron chi connectivity index (χ4n) is 2.95. The van der Waals surface area contributed by atoms with Crippen LogP contribution in [0, 0.1) is 11.2 Å². The van der Waals surface area contributed by atoms with Crippen LogP contribution in [0.4, 0.5) is 4.39 Å². The van der Waals surface area contributed by atoms with Gasteiger partial charge in [-0.05, 0) is 44.0 Å². The van der Waals surface area contributed by atoms with E-state index in [9.17, 15) is 9.18 Å². The molecule has 1 aliphatic carbocycles. The molecule has 1 aromatic carbocycles. The minimum atomic E-state index is -0.368. The molecule has 20 heavy (non-hydrogen) atoms. The van der Waals surface area contributed by atoms with Gasteiger partial charge in [0.05, 0.1) is 5.41 Å². The Morgan fingerprint density at radius 3 is 2.50 bits per heavy atom. The van der Waals surface area contributed by atoms with Crippen LogP contribution in [0.1, 0.15) is 39.5 Å². The molecule has 0 unspecified atom stereocenters. The van der Waals surface area contributed by atoms with Gasteiger partial charge < -0.3 is 4.74 Å². The first kappa shape index (κ1) is 15.2. The molecular weight excluding hydrogens is 271 g/mol. The second-order valence-corrected chi connectivity index (χ2v) is 8.87. The second kappa shape index (κ2) is 6.53. The maximum Gasteiger partial charge on any atom is 0.317 e. The van der Waals surface area contributed by atoms with Gasteiger partial charge in [-0.3, -0.25) is 4.79 Å². The molecular formula is C16H23FO2Si. The van der Waals surface area contributed by atoms with Gasteiger partial charge in [-0.25, -0.2) is 4.39 Å². The molecule has 1 aliphatic rings. The van der Waals surface area contributed by atoms with Crippen LogP contribution in [0.3, 0.4) is 0 Å². The van der Waals surface area contributed by atoms with E-state index in [-0.39, 0.29) is 26.7 Å². The third-order valence-corrected chi connectivity index (χ3v) is 6.63. The van der Waals surface area contributed by atoms with Crippen molar-refractivity contribution < 1.29 is 13.9 Å². The lowest BCUT2D eigenvalue weighted by Crippen LogP contribution is -2.35. The first-order chi connectivity index (χ1) is 9.53. The summed E-state index contributed by atoms with van der Waals surface area (Å²) in [5.41, 5.74) is 0.527. The summed E-state index contributed by atoms with van der Waals surface area (Å²) < 4.78 is 18.2. The Balaban J connectivity index is 1.93. The normalized spacial score (nSPS) is 26.9. The summed E-state index contributed by atoms with van der Waals surface area (Å²) in [5, 5.41) is 0. The highest BCUT2D eigenvalue weighted by Crippen LogP contribution is 2.42. The summed E-state index contributed by atoms with van der Waals surface area (Å²) >= 11 is 0. The van der Waals surface area contributed by atoms with E-state index >= 15 is 0 Å². The van der Waals surface area contributed by atoms with Gasteiger partial charge in [0.15, 0.2) is 0 Å². The van der Waals surface area contributed by atoms with E-state index in [2.05, 4.69) is 6.92 Å². The Hall–Kier alpha value is -1.16. The fourth-order valence-corrected chi connectivity index (χ4v) is 4.75. The average molecular weight is 294 g/mol. The number of benzene rings is 1. The van der Waals surface area contributed by atoms with Gasteiger partial charge in [0.25, 0.3) is 0 Å². The summed E-state index contributed by atoms with van der Waals surface area (Å²) in [7, 11) is 0.0474. The molecule has 0 bridgehead atoms. The van der Waals surface area contributed by atoms with E-state index in [0.717, 1.165) is 31.2 Å². The summed E-state index contributed by atoms with van der Waals surface area (Å²) in [5.74, 6) is -0.0514. The maximum atomic E-state index is 12.8. The van der Waals surface area contributed by atoms with Crippen LogP contribution in [0.25, 0.3) is 0 Å². The third kappa shape index (κ3) is 3.69.